The zero-order chi connectivity index (χ0) is 21.2. The fourth-order valence-electron chi connectivity index (χ4n) is 4.47. The number of ether oxygens (including phenoxy) is 2. The number of hydrogen-bond donors (Lipinski definition) is 1. The normalized spacial score (nSPS) is 24.2. The van der Waals surface area contributed by atoms with Crippen LogP contribution in [-0.4, -0.2) is 37.6 Å². The Morgan fingerprint density at radius 1 is 1.31 bits per heavy atom. The average Bonchev–Trinajstić information content (AvgIpc) is 3.14. The van der Waals surface area contributed by atoms with Crippen LogP contribution in [0.4, 0.5) is 0 Å². The summed E-state index contributed by atoms with van der Waals surface area (Å²) in [5.74, 6) is -0.491. The first kappa shape index (κ1) is 21.1. The summed E-state index contributed by atoms with van der Waals surface area (Å²) < 4.78 is 10.1. The molecule has 1 saturated carbocycles. The van der Waals surface area contributed by atoms with Gasteiger partial charge in [0.2, 0.25) is 0 Å². The number of carbonyl (C=O) groups is 3. The van der Waals surface area contributed by atoms with E-state index in [9.17, 15) is 14.4 Å². The molecule has 0 radical (unpaired) electrons. The molecule has 1 heterocycles. The molecule has 156 valence electrons. The minimum absolute atomic E-state index is 0.141. The lowest BCUT2D eigenvalue weighted by molar-refractivity contribution is -0.146. The van der Waals surface area contributed by atoms with E-state index in [1.54, 1.807) is 12.1 Å². The number of cyclic esters (lactones) is 1. The zero-order valence-electron chi connectivity index (χ0n) is 17.3. The summed E-state index contributed by atoms with van der Waals surface area (Å²) in [6.07, 6.45) is 2.58. The van der Waals surface area contributed by atoms with Gasteiger partial charge in [0.15, 0.2) is 0 Å². The van der Waals surface area contributed by atoms with Crippen molar-refractivity contribution in [2.75, 3.05) is 13.7 Å². The molecule has 1 aliphatic carbocycles. The van der Waals surface area contributed by atoms with Crippen molar-refractivity contribution >= 4 is 17.8 Å². The van der Waals surface area contributed by atoms with Gasteiger partial charge in [-0.3, -0.25) is 9.59 Å². The zero-order valence-corrected chi connectivity index (χ0v) is 17.3. The molecule has 1 saturated heterocycles. The molecule has 3 atom stereocenters. The number of allylic oxidation sites excluding steroid dienone is 1. The van der Waals surface area contributed by atoms with E-state index in [1.165, 1.54) is 7.11 Å². The highest BCUT2D eigenvalue weighted by Gasteiger charge is 2.55. The van der Waals surface area contributed by atoms with Crippen molar-refractivity contribution in [1.82, 2.24) is 5.32 Å². The summed E-state index contributed by atoms with van der Waals surface area (Å²) in [6, 6.07) is 6.50. The van der Waals surface area contributed by atoms with Crippen LogP contribution in [0.3, 0.4) is 0 Å². The van der Waals surface area contributed by atoms with Gasteiger partial charge in [-0.2, -0.15) is 0 Å². The molecule has 1 aliphatic heterocycles. The van der Waals surface area contributed by atoms with Crippen molar-refractivity contribution in [3.63, 3.8) is 0 Å². The maximum absolute atomic E-state index is 12.6. The number of esters is 2. The molecule has 1 amide bonds. The molecule has 29 heavy (non-hydrogen) atoms. The third-order valence-corrected chi connectivity index (χ3v) is 5.94. The molecule has 1 aromatic rings. The molecule has 1 N–H and O–H groups in total. The minimum Gasteiger partial charge on any atom is -0.467 e. The van der Waals surface area contributed by atoms with Gasteiger partial charge in [0, 0.05) is 11.5 Å². The van der Waals surface area contributed by atoms with Crippen LogP contribution in [0.2, 0.25) is 0 Å². The lowest BCUT2D eigenvalue weighted by Gasteiger charge is -2.24. The first-order valence-electron chi connectivity index (χ1n) is 10.1. The monoisotopic (exact) mass is 399 g/mol. The van der Waals surface area contributed by atoms with Crippen LogP contribution in [0.25, 0.3) is 0 Å². The first-order valence-corrected chi connectivity index (χ1v) is 10.1. The standard InChI is InChI=1S/C23H29NO5/c1-14(2)9-19(21(26)28-4)24-20(25)17-7-5-16(6-8-17)12-23-11-15(3)10-18(23)13-29-22(23)27/h5-8,14,18-19H,3,9-13H2,1-2,4H3,(H,24,25). The largest absolute Gasteiger partial charge is 0.467 e. The average molecular weight is 399 g/mol. The number of rotatable bonds is 7. The minimum atomic E-state index is -0.676. The van der Waals surface area contributed by atoms with Gasteiger partial charge in [-0.25, -0.2) is 4.79 Å². The molecule has 2 fully saturated rings. The second-order valence-corrected chi connectivity index (χ2v) is 8.63. The Hall–Kier alpha value is -2.63. The van der Waals surface area contributed by atoms with Crippen LogP contribution in [0.5, 0.6) is 0 Å². The SMILES string of the molecule is C=C1CC2COC(=O)C2(Cc2ccc(C(=O)NC(CC(C)C)C(=O)OC)cc2)C1. The van der Waals surface area contributed by atoms with E-state index in [0.29, 0.717) is 31.4 Å². The van der Waals surface area contributed by atoms with Crippen molar-refractivity contribution in [2.45, 2.75) is 45.6 Å². The predicted octanol–water partition coefficient (Wildman–Crippen LogP) is 3.06. The Morgan fingerprint density at radius 3 is 2.62 bits per heavy atom. The first-order chi connectivity index (χ1) is 13.7. The molecule has 6 heteroatoms. The van der Waals surface area contributed by atoms with Crippen LogP contribution >= 0.6 is 0 Å². The summed E-state index contributed by atoms with van der Waals surface area (Å²) in [5.41, 5.74) is 2.02. The van der Waals surface area contributed by atoms with E-state index in [4.69, 9.17) is 9.47 Å². The summed E-state index contributed by atoms with van der Waals surface area (Å²) in [6.45, 7) is 8.49. The van der Waals surface area contributed by atoms with Crippen LogP contribution in [-0.2, 0) is 25.5 Å². The van der Waals surface area contributed by atoms with Crippen LogP contribution in [0.15, 0.2) is 36.4 Å². The molecule has 0 aromatic heterocycles. The summed E-state index contributed by atoms with van der Waals surface area (Å²) in [5, 5.41) is 2.76. The third kappa shape index (κ3) is 4.36. The number of nitrogens with one attached hydrogen (secondary N) is 1. The van der Waals surface area contributed by atoms with Crippen molar-refractivity contribution in [3.05, 3.63) is 47.5 Å². The molecular weight excluding hydrogens is 370 g/mol. The highest BCUT2D eigenvalue weighted by atomic mass is 16.5. The van der Waals surface area contributed by atoms with Crippen LogP contribution < -0.4 is 5.32 Å². The smallest absolute Gasteiger partial charge is 0.328 e. The second-order valence-electron chi connectivity index (χ2n) is 8.63. The van der Waals surface area contributed by atoms with Gasteiger partial charge in [-0.05, 0) is 49.3 Å². The fourth-order valence-corrected chi connectivity index (χ4v) is 4.47. The van der Waals surface area contributed by atoms with Crippen LogP contribution in [0, 0.1) is 17.3 Å². The summed E-state index contributed by atoms with van der Waals surface area (Å²) in [4.78, 5) is 37.0. The van der Waals surface area contributed by atoms with Crippen LogP contribution in [0.1, 0.15) is 49.0 Å². The van der Waals surface area contributed by atoms with Gasteiger partial charge in [-0.15, -0.1) is 0 Å². The van der Waals surface area contributed by atoms with Gasteiger partial charge in [0.1, 0.15) is 6.04 Å². The Balaban J connectivity index is 1.69. The van der Waals surface area contributed by atoms with Gasteiger partial charge in [0.05, 0.1) is 19.1 Å². The van der Waals surface area contributed by atoms with Crippen molar-refractivity contribution in [2.24, 2.45) is 17.3 Å². The Labute approximate surface area is 171 Å². The molecule has 3 rings (SSSR count). The Morgan fingerprint density at radius 2 is 2.00 bits per heavy atom. The van der Waals surface area contributed by atoms with Gasteiger partial charge in [-0.1, -0.05) is 38.1 Å². The lowest BCUT2D eigenvalue weighted by atomic mass is 9.75. The van der Waals surface area contributed by atoms with E-state index >= 15 is 0 Å². The predicted molar refractivity (Wildman–Crippen MR) is 108 cm³/mol. The van der Waals surface area contributed by atoms with E-state index < -0.39 is 17.4 Å². The summed E-state index contributed by atoms with van der Waals surface area (Å²) >= 11 is 0. The van der Waals surface area contributed by atoms with E-state index in [2.05, 4.69) is 11.9 Å². The highest BCUT2D eigenvalue weighted by molar-refractivity contribution is 5.96. The number of carbonyl (C=O) groups excluding carboxylic acids is 3. The maximum atomic E-state index is 12.6. The maximum Gasteiger partial charge on any atom is 0.328 e. The number of hydrogen-bond acceptors (Lipinski definition) is 5. The lowest BCUT2D eigenvalue weighted by Crippen LogP contribution is -2.42. The molecule has 2 aliphatic rings. The third-order valence-electron chi connectivity index (χ3n) is 5.94. The molecule has 1 aromatic carbocycles. The molecule has 0 spiro atoms. The van der Waals surface area contributed by atoms with Gasteiger partial charge >= 0.3 is 11.9 Å². The van der Waals surface area contributed by atoms with E-state index in [1.807, 2.05) is 26.0 Å². The van der Waals surface area contributed by atoms with Crippen molar-refractivity contribution < 1.29 is 23.9 Å². The second kappa shape index (κ2) is 8.39. The quantitative estimate of drug-likeness (QED) is 0.563. The number of fused-ring (bicyclic) bond motifs is 1. The van der Waals surface area contributed by atoms with E-state index in [0.717, 1.165) is 17.6 Å². The fraction of sp³-hybridized carbons (Fsp3) is 0.522. The number of amides is 1. The van der Waals surface area contributed by atoms with Crippen molar-refractivity contribution in [1.29, 1.82) is 0 Å². The van der Waals surface area contributed by atoms with Crippen molar-refractivity contribution in [3.8, 4) is 0 Å². The highest BCUT2D eigenvalue weighted by Crippen LogP contribution is 2.52. The van der Waals surface area contributed by atoms with Gasteiger partial charge in [0.25, 0.3) is 5.91 Å². The Bertz CT molecular complexity index is 813. The number of benzene rings is 1. The molecule has 6 nitrogen and oxygen atoms in total. The summed E-state index contributed by atoms with van der Waals surface area (Å²) in [7, 11) is 1.31. The Kier molecular flexibility index (Phi) is 6.10. The van der Waals surface area contributed by atoms with E-state index in [-0.39, 0.29) is 23.7 Å². The molecular formula is C23H29NO5. The number of methoxy groups -OCH3 is 1. The molecule has 3 unspecified atom stereocenters. The topological polar surface area (TPSA) is 81.7 Å². The molecule has 0 bridgehead atoms. The van der Waals surface area contributed by atoms with Gasteiger partial charge < -0.3 is 14.8 Å².